The monoisotopic (exact) mass is 404 g/mol. The second kappa shape index (κ2) is 7.72. The Kier molecular flexibility index (Phi) is 5.10. The van der Waals surface area contributed by atoms with Gasteiger partial charge in [-0.3, -0.25) is 0 Å². The maximum absolute atomic E-state index is 14.6. The minimum atomic E-state index is -1.12. The molecular weight excluding hydrogens is 383 g/mol. The number of nitrogens with one attached hydrogen (secondary N) is 1. The third-order valence-electron chi connectivity index (χ3n) is 5.37. The summed E-state index contributed by atoms with van der Waals surface area (Å²) in [4.78, 5) is 21.4. The second-order valence-electron chi connectivity index (χ2n) is 7.20. The van der Waals surface area contributed by atoms with Crippen LogP contribution in [0.2, 0.25) is 0 Å². The number of carbonyl (C=O) groups excluding carboxylic acids is 1. The zero-order valence-electron chi connectivity index (χ0n) is 16.9. The van der Waals surface area contributed by atoms with E-state index in [1.54, 1.807) is 6.07 Å². The molecule has 1 unspecified atom stereocenters. The molecule has 3 aromatic carbocycles. The van der Waals surface area contributed by atoms with Gasteiger partial charge in [0.2, 0.25) is 0 Å². The molecule has 4 rings (SSSR count). The van der Waals surface area contributed by atoms with Crippen molar-refractivity contribution in [3.05, 3.63) is 94.3 Å². The summed E-state index contributed by atoms with van der Waals surface area (Å²) in [5.74, 6) is -1.42. The van der Waals surface area contributed by atoms with E-state index in [1.165, 1.54) is 42.3 Å². The van der Waals surface area contributed by atoms with Crippen molar-refractivity contribution >= 4 is 12.4 Å². The molecule has 0 saturated carbocycles. The summed E-state index contributed by atoms with van der Waals surface area (Å²) in [6.45, 7) is 4.17. The van der Waals surface area contributed by atoms with E-state index in [4.69, 9.17) is 4.84 Å². The number of rotatable bonds is 4. The fourth-order valence-corrected chi connectivity index (χ4v) is 3.84. The van der Waals surface area contributed by atoms with Crippen molar-refractivity contribution in [2.24, 2.45) is 4.99 Å². The Morgan fingerprint density at radius 1 is 1.03 bits per heavy atom. The van der Waals surface area contributed by atoms with Crippen LogP contribution >= 0.6 is 0 Å². The van der Waals surface area contributed by atoms with Crippen LogP contribution in [0.1, 0.15) is 32.6 Å². The molecule has 0 spiro atoms. The Bertz CT molecular complexity index is 1120. The Balaban J connectivity index is 1.76. The van der Waals surface area contributed by atoms with E-state index in [-0.39, 0.29) is 5.56 Å². The van der Waals surface area contributed by atoms with Gasteiger partial charge in [0.15, 0.2) is 12.1 Å². The van der Waals surface area contributed by atoms with Crippen LogP contribution in [0.5, 0.6) is 0 Å². The van der Waals surface area contributed by atoms with Gasteiger partial charge in [-0.25, -0.2) is 14.2 Å². The van der Waals surface area contributed by atoms with Crippen LogP contribution in [0.15, 0.2) is 65.7 Å². The van der Waals surface area contributed by atoms with Gasteiger partial charge in [0.25, 0.3) is 0 Å². The van der Waals surface area contributed by atoms with Crippen LogP contribution in [-0.4, -0.2) is 19.5 Å². The minimum Gasteiger partial charge on any atom is -0.465 e. The highest BCUT2D eigenvalue weighted by atomic mass is 19.1. The van der Waals surface area contributed by atoms with E-state index in [2.05, 4.69) is 41.2 Å². The van der Waals surface area contributed by atoms with Crippen molar-refractivity contribution in [2.45, 2.75) is 19.5 Å². The molecule has 0 saturated heterocycles. The van der Waals surface area contributed by atoms with E-state index in [9.17, 15) is 9.18 Å². The molecule has 0 aliphatic carbocycles. The van der Waals surface area contributed by atoms with Crippen molar-refractivity contribution < 1.29 is 18.8 Å². The van der Waals surface area contributed by atoms with Gasteiger partial charge >= 0.3 is 5.97 Å². The molecule has 1 aliphatic rings. The third-order valence-corrected chi connectivity index (χ3v) is 5.37. The summed E-state index contributed by atoms with van der Waals surface area (Å²) < 4.78 is 19.2. The summed E-state index contributed by atoms with van der Waals surface area (Å²) in [6.07, 6.45) is 1.28. The second-order valence-corrected chi connectivity index (χ2v) is 7.20. The lowest BCUT2D eigenvalue weighted by molar-refractivity contribution is 0.0595. The van der Waals surface area contributed by atoms with Crippen molar-refractivity contribution in [3.63, 3.8) is 0 Å². The number of carbonyl (C=O) groups is 1. The van der Waals surface area contributed by atoms with E-state index in [0.29, 0.717) is 5.56 Å². The van der Waals surface area contributed by atoms with E-state index in [1.807, 2.05) is 30.3 Å². The van der Waals surface area contributed by atoms with Gasteiger partial charge in [0.1, 0.15) is 5.82 Å². The minimum absolute atomic E-state index is 0.135. The van der Waals surface area contributed by atoms with Crippen LogP contribution in [0.3, 0.4) is 0 Å². The smallest absolute Gasteiger partial charge is 0.340 e. The number of halogens is 1. The molecule has 1 atom stereocenters. The average molecular weight is 404 g/mol. The molecule has 30 heavy (non-hydrogen) atoms. The molecular formula is C24H21FN2O3. The van der Waals surface area contributed by atoms with Gasteiger partial charge in [-0.2, -0.15) is 0 Å². The highest BCUT2D eigenvalue weighted by Crippen LogP contribution is 2.36. The number of hydroxylamine groups is 1. The number of nitrogens with zero attached hydrogens (tertiary/aromatic N) is 1. The van der Waals surface area contributed by atoms with Gasteiger partial charge < -0.3 is 9.57 Å². The normalized spacial score (nSPS) is 17.6. The van der Waals surface area contributed by atoms with Gasteiger partial charge in [0, 0.05) is 11.1 Å². The highest BCUT2D eigenvalue weighted by molar-refractivity contribution is 5.89. The SMILES string of the molecule is COC(=O)c1ccc(C2(c3ccc(-c4c(C)cccc4C)cc3)N=CON2)cc1F. The van der Waals surface area contributed by atoms with Gasteiger partial charge in [-0.1, -0.05) is 48.5 Å². The number of aliphatic imine (C=N–C) groups is 1. The summed E-state index contributed by atoms with van der Waals surface area (Å²) in [6, 6.07) is 18.4. The van der Waals surface area contributed by atoms with Crippen molar-refractivity contribution in [2.75, 3.05) is 7.11 Å². The maximum atomic E-state index is 14.6. The molecule has 1 N–H and O–H groups in total. The molecule has 0 fully saturated rings. The zero-order valence-corrected chi connectivity index (χ0v) is 16.9. The van der Waals surface area contributed by atoms with Crippen LogP contribution < -0.4 is 5.48 Å². The molecule has 0 bridgehead atoms. The molecule has 0 radical (unpaired) electrons. The molecule has 6 heteroatoms. The molecule has 0 aromatic heterocycles. The average Bonchev–Trinajstić information content (AvgIpc) is 3.25. The lowest BCUT2D eigenvalue weighted by Crippen LogP contribution is -2.37. The number of ether oxygens (including phenoxy) is 1. The molecule has 3 aromatic rings. The number of aryl methyl sites for hydroxylation is 2. The van der Waals surface area contributed by atoms with Crippen molar-refractivity contribution in [3.8, 4) is 11.1 Å². The number of benzene rings is 3. The topological polar surface area (TPSA) is 59.9 Å². The Hall–Kier alpha value is -3.51. The Morgan fingerprint density at radius 3 is 2.27 bits per heavy atom. The predicted molar refractivity (Wildman–Crippen MR) is 113 cm³/mol. The van der Waals surface area contributed by atoms with Crippen LogP contribution in [0.25, 0.3) is 11.1 Å². The first-order valence-electron chi connectivity index (χ1n) is 9.48. The van der Waals surface area contributed by atoms with Gasteiger partial charge in [0.05, 0.1) is 12.7 Å². The third kappa shape index (κ3) is 3.25. The van der Waals surface area contributed by atoms with Gasteiger partial charge in [-0.05, 0) is 48.2 Å². The molecule has 1 heterocycles. The first kappa shape index (κ1) is 19.8. The maximum Gasteiger partial charge on any atom is 0.340 e. The Labute approximate surface area is 174 Å². The summed E-state index contributed by atoms with van der Waals surface area (Å²) in [5, 5.41) is 0. The zero-order chi connectivity index (χ0) is 21.3. The van der Waals surface area contributed by atoms with E-state index >= 15 is 0 Å². The number of methoxy groups -OCH3 is 1. The van der Waals surface area contributed by atoms with Crippen LogP contribution in [0, 0.1) is 19.7 Å². The lowest BCUT2D eigenvalue weighted by atomic mass is 9.89. The van der Waals surface area contributed by atoms with E-state index in [0.717, 1.165) is 11.1 Å². The predicted octanol–water partition coefficient (Wildman–Crippen LogP) is 4.66. The first-order chi connectivity index (χ1) is 14.5. The number of hydrogen-bond acceptors (Lipinski definition) is 5. The summed E-state index contributed by atoms with van der Waals surface area (Å²) >= 11 is 0. The summed E-state index contributed by atoms with van der Waals surface area (Å²) in [5.41, 5.74) is 7.55. The molecule has 1 aliphatic heterocycles. The Morgan fingerprint density at radius 2 is 1.70 bits per heavy atom. The lowest BCUT2D eigenvalue weighted by Gasteiger charge is -2.26. The highest BCUT2D eigenvalue weighted by Gasteiger charge is 2.38. The summed E-state index contributed by atoms with van der Waals surface area (Å²) in [7, 11) is 1.21. The largest absolute Gasteiger partial charge is 0.465 e. The molecule has 0 amide bonds. The van der Waals surface area contributed by atoms with Crippen LogP contribution in [0.4, 0.5) is 4.39 Å². The number of esters is 1. The standard InChI is InChI=1S/C24H21FN2O3/c1-15-5-4-6-16(2)22(15)17-7-9-18(10-8-17)24(26-14-30-27-24)19-11-12-20(21(25)13-19)23(28)29-3/h4-14,27H,1-3H3. The van der Waals surface area contributed by atoms with Crippen LogP contribution in [-0.2, 0) is 15.2 Å². The fourth-order valence-electron chi connectivity index (χ4n) is 3.84. The first-order valence-corrected chi connectivity index (χ1v) is 9.48. The molecule has 152 valence electrons. The fraction of sp³-hybridized carbons (Fsp3) is 0.167. The van der Waals surface area contributed by atoms with Gasteiger partial charge in [-0.15, -0.1) is 5.48 Å². The van der Waals surface area contributed by atoms with Crippen molar-refractivity contribution in [1.82, 2.24) is 5.48 Å². The quantitative estimate of drug-likeness (QED) is 0.643. The number of hydrogen-bond donors (Lipinski definition) is 1. The molecule has 5 nitrogen and oxygen atoms in total. The van der Waals surface area contributed by atoms with E-state index < -0.39 is 17.4 Å². The van der Waals surface area contributed by atoms with Crippen molar-refractivity contribution in [1.29, 1.82) is 0 Å².